The van der Waals surface area contributed by atoms with E-state index in [0.29, 0.717) is 47.8 Å². The summed E-state index contributed by atoms with van der Waals surface area (Å²) in [4.78, 5) is 33.5. The maximum atomic E-state index is 14.1. The van der Waals surface area contributed by atoms with Gasteiger partial charge in [0.25, 0.3) is 5.91 Å². The number of halogens is 4. The van der Waals surface area contributed by atoms with E-state index in [4.69, 9.17) is 23.2 Å². The quantitative estimate of drug-likeness (QED) is 0.308. The van der Waals surface area contributed by atoms with Gasteiger partial charge in [0.15, 0.2) is 0 Å². The van der Waals surface area contributed by atoms with Crippen LogP contribution in [0.1, 0.15) is 80.1 Å². The molecule has 2 atom stereocenters. The molecule has 1 unspecified atom stereocenters. The average molecular weight is 685 g/mol. The molecule has 252 valence electrons. The number of carbonyl (C=O) groups excluding carboxylic acids is 2. The summed E-state index contributed by atoms with van der Waals surface area (Å²) in [6.45, 7) is 3.95. The van der Waals surface area contributed by atoms with Crippen molar-refractivity contribution >= 4 is 35.0 Å². The molecule has 0 aromatic heterocycles. The van der Waals surface area contributed by atoms with Gasteiger partial charge in [0, 0.05) is 79.2 Å². The Morgan fingerprint density at radius 3 is 2.21 bits per heavy atom. The highest BCUT2D eigenvalue weighted by atomic mass is 35.5. The summed E-state index contributed by atoms with van der Waals surface area (Å²) in [6.07, 6.45) is 8.89. The summed E-state index contributed by atoms with van der Waals surface area (Å²) < 4.78 is 28.3. The van der Waals surface area contributed by atoms with E-state index in [-0.39, 0.29) is 30.6 Å². The van der Waals surface area contributed by atoms with Gasteiger partial charge in [-0.05, 0) is 122 Å². The molecule has 0 spiro atoms. The molecule has 9 rings (SSSR count). The Bertz CT molecular complexity index is 1500. The lowest BCUT2D eigenvalue weighted by atomic mass is 9.54. The van der Waals surface area contributed by atoms with E-state index in [1.54, 1.807) is 11.0 Å². The van der Waals surface area contributed by atoms with Crippen molar-refractivity contribution in [3.8, 4) is 11.1 Å². The number of likely N-dealkylation sites (tertiary alicyclic amines) is 1. The number of alkyl halides is 2. The summed E-state index contributed by atoms with van der Waals surface area (Å²) in [6, 6.07) is 11.5. The lowest BCUT2D eigenvalue weighted by Gasteiger charge is -2.58. The second-order valence-electron chi connectivity index (χ2n) is 15.6. The number of piperazine rings is 1. The van der Waals surface area contributed by atoms with Crippen molar-refractivity contribution in [1.82, 2.24) is 14.7 Å². The van der Waals surface area contributed by atoms with E-state index in [0.717, 1.165) is 72.6 Å². The molecule has 7 fully saturated rings. The molecule has 7 aliphatic rings. The minimum absolute atomic E-state index is 0.0611. The first-order chi connectivity index (χ1) is 22.6. The van der Waals surface area contributed by atoms with Gasteiger partial charge in [-0.15, -0.1) is 0 Å². The van der Waals surface area contributed by atoms with Crippen molar-refractivity contribution in [3.05, 3.63) is 57.6 Å². The van der Waals surface area contributed by atoms with Crippen LogP contribution in [-0.2, 0) is 11.2 Å². The number of rotatable bonds is 6. The van der Waals surface area contributed by atoms with Crippen LogP contribution in [0.15, 0.2) is 36.4 Å². The molecule has 0 N–H and O–H groups in total. The SMILES string of the molecule is O=C(c1ccc(-c2cc(Cl)cc(Cl)c2C[C@@H]2CCN(C3CCCC(F)(F)C3)C2=O)cc1)N1CCN(C2C3CC4CC(C3)CC2C4)CC1. The average Bonchev–Trinajstić information content (AvgIpc) is 3.41. The molecular weight excluding hydrogens is 639 g/mol. The summed E-state index contributed by atoms with van der Waals surface area (Å²) >= 11 is 13.2. The molecule has 47 heavy (non-hydrogen) atoms. The van der Waals surface area contributed by atoms with Gasteiger partial charge in [-0.2, -0.15) is 0 Å². The van der Waals surface area contributed by atoms with Gasteiger partial charge in [0.05, 0.1) is 0 Å². The monoisotopic (exact) mass is 683 g/mol. The number of benzene rings is 2. The molecule has 2 heterocycles. The van der Waals surface area contributed by atoms with E-state index in [9.17, 15) is 18.4 Å². The third-order valence-electron chi connectivity index (χ3n) is 12.7. The Balaban J connectivity index is 0.928. The Hall–Kier alpha value is -2.22. The zero-order valence-corrected chi connectivity index (χ0v) is 28.5. The molecule has 0 radical (unpaired) electrons. The van der Waals surface area contributed by atoms with E-state index in [1.165, 1.54) is 32.1 Å². The van der Waals surface area contributed by atoms with Crippen LogP contribution in [0.4, 0.5) is 8.78 Å². The maximum Gasteiger partial charge on any atom is 0.253 e. The van der Waals surface area contributed by atoms with E-state index in [1.807, 2.05) is 35.2 Å². The predicted molar refractivity (Wildman–Crippen MR) is 181 cm³/mol. The predicted octanol–water partition coefficient (Wildman–Crippen LogP) is 8.21. The molecule has 5 nitrogen and oxygen atoms in total. The van der Waals surface area contributed by atoms with Gasteiger partial charge in [-0.3, -0.25) is 14.5 Å². The zero-order valence-electron chi connectivity index (χ0n) is 27.0. The number of carbonyl (C=O) groups is 2. The molecule has 9 heteroatoms. The summed E-state index contributed by atoms with van der Waals surface area (Å²) in [5.41, 5.74) is 3.20. The highest BCUT2D eigenvalue weighted by Gasteiger charge is 2.50. The van der Waals surface area contributed by atoms with E-state index < -0.39 is 12.0 Å². The number of hydrogen-bond acceptors (Lipinski definition) is 3. The number of hydrogen-bond donors (Lipinski definition) is 0. The highest BCUT2D eigenvalue weighted by Crippen LogP contribution is 2.55. The maximum absolute atomic E-state index is 14.1. The fourth-order valence-electron chi connectivity index (χ4n) is 10.7. The van der Waals surface area contributed by atoms with Crippen LogP contribution in [0.3, 0.4) is 0 Å². The van der Waals surface area contributed by atoms with Gasteiger partial charge in [-0.1, -0.05) is 35.3 Å². The molecule has 4 bridgehead atoms. The summed E-state index contributed by atoms with van der Waals surface area (Å²) in [5.74, 6) is 0.649. The fraction of sp³-hybridized carbons (Fsp3) is 0.632. The summed E-state index contributed by atoms with van der Waals surface area (Å²) in [7, 11) is 0. The Kier molecular flexibility index (Phi) is 8.57. The second-order valence-corrected chi connectivity index (χ2v) is 16.4. The standard InChI is InChI=1S/C38H45Cl2F2N3O2/c39-30-20-32(33(34(40)21-30)19-27-7-9-45(37(27)47)31-2-1-8-38(41,42)22-31)25-3-5-26(6-4-25)36(46)44-12-10-43(11-13-44)35-28-15-23-14-24(17-28)18-29(35)16-23/h3-6,20-21,23-24,27-29,31,35H,1-2,7-19,22H2/t23?,24?,27-,28?,29?,31?,35?/m0/s1. The molecule has 2 aromatic rings. The van der Waals surface area contributed by atoms with Crippen LogP contribution in [0.2, 0.25) is 10.0 Å². The first kappa shape index (κ1) is 32.0. The third-order valence-corrected chi connectivity index (χ3v) is 13.2. The number of nitrogens with zero attached hydrogens (tertiary/aromatic N) is 3. The van der Waals surface area contributed by atoms with Crippen molar-refractivity contribution in [3.63, 3.8) is 0 Å². The van der Waals surface area contributed by atoms with Crippen LogP contribution in [0.5, 0.6) is 0 Å². The minimum atomic E-state index is -2.70. The first-order valence-electron chi connectivity index (χ1n) is 17.9. The topological polar surface area (TPSA) is 43.9 Å². The second kappa shape index (κ2) is 12.6. The molecular formula is C38H45Cl2F2N3O2. The molecule has 5 aliphatic carbocycles. The highest BCUT2D eigenvalue weighted by molar-refractivity contribution is 6.35. The molecule has 2 aromatic carbocycles. The lowest BCUT2D eigenvalue weighted by Crippen LogP contribution is -2.60. The van der Waals surface area contributed by atoms with Crippen LogP contribution >= 0.6 is 23.2 Å². The Morgan fingerprint density at radius 2 is 1.55 bits per heavy atom. The third kappa shape index (κ3) is 6.23. The van der Waals surface area contributed by atoms with Crippen molar-refractivity contribution in [2.45, 2.75) is 88.6 Å². The van der Waals surface area contributed by atoms with Gasteiger partial charge in [0.1, 0.15) is 0 Å². The molecule has 2 aliphatic heterocycles. The van der Waals surface area contributed by atoms with Crippen LogP contribution < -0.4 is 0 Å². The molecule has 5 saturated carbocycles. The number of amides is 2. The van der Waals surface area contributed by atoms with Crippen LogP contribution in [0, 0.1) is 29.6 Å². The van der Waals surface area contributed by atoms with Crippen molar-refractivity contribution in [2.24, 2.45) is 29.6 Å². The van der Waals surface area contributed by atoms with Gasteiger partial charge in [0.2, 0.25) is 11.8 Å². The largest absolute Gasteiger partial charge is 0.339 e. The van der Waals surface area contributed by atoms with Crippen molar-refractivity contribution in [1.29, 1.82) is 0 Å². The van der Waals surface area contributed by atoms with Crippen LogP contribution in [0.25, 0.3) is 11.1 Å². The lowest BCUT2D eigenvalue weighted by molar-refractivity contribution is -0.136. The summed E-state index contributed by atoms with van der Waals surface area (Å²) in [5, 5.41) is 0.981. The van der Waals surface area contributed by atoms with Gasteiger partial charge < -0.3 is 9.80 Å². The molecule has 2 amide bonds. The van der Waals surface area contributed by atoms with Gasteiger partial charge in [-0.25, -0.2) is 8.78 Å². The molecule has 2 saturated heterocycles. The zero-order chi connectivity index (χ0) is 32.4. The smallest absolute Gasteiger partial charge is 0.253 e. The first-order valence-corrected chi connectivity index (χ1v) is 18.7. The Morgan fingerprint density at radius 1 is 0.872 bits per heavy atom. The van der Waals surface area contributed by atoms with E-state index >= 15 is 0 Å². The fourth-order valence-corrected chi connectivity index (χ4v) is 11.3. The van der Waals surface area contributed by atoms with Crippen molar-refractivity contribution < 1.29 is 18.4 Å². The minimum Gasteiger partial charge on any atom is -0.339 e. The van der Waals surface area contributed by atoms with E-state index in [2.05, 4.69) is 4.90 Å². The Labute approximate surface area is 286 Å². The van der Waals surface area contributed by atoms with Crippen molar-refractivity contribution in [2.75, 3.05) is 32.7 Å². The van der Waals surface area contributed by atoms with Crippen LogP contribution in [-0.4, -0.2) is 77.2 Å². The normalized spacial score (nSPS) is 33.5. The van der Waals surface area contributed by atoms with Gasteiger partial charge >= 0.3 is 0 Å².